The molecular formula is C12H21ClN2O3S. The standard InChI is InChI=1S/C12H20N2O3S.ClH/c1-10(17-2)9-18(15,16)14-8-12(13)11-6-4-3-5-7-11;/h3-7,10,12,14H,8-9,13H2,1-2H3;1H. The van der Waals surface area contributed by atoms with Crippen LogP contribution in [0.15, 0.2) is 30.3 Å². The van der Waals surface area contributed by atoms with Crippen molar-refractivity contribution in [2.24, 2.45) is 5.73 Å². The summed E-state index contributed by atoms with van der Waals surface area (Å²) >= 11 is 0. The summed E-state index contributed by atoms with van der Waals surface area (Å²) < 4.78 is 30.8. The fraction of sp³-hybridized carbons (Fsp3) is 0.500. The van der Waals surface area contributed by atoms with Crippen molar-refractivity contribution in [1.29, 1.82) is 0 Å². The van der Waals surface area contributed by atoms with Crippen molar-refractivity contribution in [1.82, 2.24) is 4.72 Å². The average Bonchev–Trinajstić information content (AvgIpc) is 2.36. The monoisotopic (exact) mass is 308 g/mol. The zero-order chi connectivity index (χ0) is 13.6. The lowest BCUT2D eigenvalue weighted by atomic mass is 10.1. The van der Waals surface area contributed by atoms with Crippen LogP contribution < -0.4 is 10.5 Å². The number of benzene rings is 1. The van der Waals surface area contributed by atoms with Crippen LogP contribution in [0.3, 0.4) is 0 Å². The summed E-state index contributed by atoms with van der Waals surface area (Å²) in [6.45, 7) is 1.89. The fourth-order valence-corrected chi connectivity index (χ4v) is 2.78. The van der Waals surface area contributed by atoms with Gasteiger partial charge in [0, 0.05) is 19.7 Å². The zero-order valence-corrected chi connectivity index (χ0v) is 12.7. The Bertz CT molecular complexity index is 453. The molecule has 19 heavy (non-hydrogen) atoms. The van der Waals surface area contributed by atoms with E-state index in [2.05, 4.69) is 4.72 Å². The first-order valence-electron chi connectivity index (χ1n) is 5.75. The smallest absolute Gasteiger partial charge is 0.214 e. The molecule has 2 atom stereocenters. The Morgan fingerprint density at radius 1 is 1.32 bits per heavy atom. The van der Waals surface area contributed by atoms with Gasteiger partial charge in [0.05, 0.1) is 11.9 Å². The van der Waals surface area contributed by atoms with Crippen molar-refractivity contribution in [3.63, 3.8) is 0 Å². The van der Waals surface area contributed by atoms with Gasteiger partial charge in [0.25, 0.3) is 0 Å². The molecule has 0 fully saturated rings. The normalized spacial score (nSPS) is 14.5. The van der Waals surface area contributed by atoms with Gasteiger partial charge in [0.15, 0.2) is 0 Å². The highest BCUT2D eigenvalue weighted by atomic mass is 35.5. The van der Waals surface area contributed by atoms with Gasteiger partial charge in [-0.15, -0.1) is 12.4 Å². The largest absolute Gasteiger partial charge is 0.381 e. The minimum atomic E-state index is -3.35. The maximum absolute atomic E-state index is 11.7. The van der Waals surface area contributed by atoms with E-state index in [9.17, 15) is 8.42 Å². The van der Waals surface area contributed by atoms with Crippen LogP contribution in [0, 0.1) is 0 Å². The lowest BCUT2D eigenvalue weighted by Gasteiger charge is -2.15. The Balaban J connectivity index is 0.00000324. The summed E-state index contributed by atoms with van der Waals surface area (Å²) in [5.41, 5.74) is 6.81. The van der Waals surface area contributed by atoms with Crippen LogP contribution >= 0.6 is 12.4 Å². The van der Waals surface area contributed by atoms with Crippen molar-refractivity contribution in [2.45, 2.75) is 19.1 Å². The first kappa shape index (κ1) is 18.3. The second kappa shape index (κ2) is 8.50. The number of hydrogen-bond acceptors (Lipinski definition) is 4. The van der Waals surface area contributed by atoms with E-state index < -0.39 is 10.0 Å². The third-order valence-corrected chi connectivity index (χ3v) is 4.12. The molecule has 1 aromatic rings. The minimum Gasteiger partial charge on any atom is -0.381 e. The average molecular weight is 309 g/mol. The molecule has 0 amide bonds. The summed E-state index contributed by atoms with van der Waals surface area (Å²) in [5, 5.41) is 0. The van der Waals surface area contributed by atoms with E-state index in [1.165, 1.54) is 7.11 Å². The van der Waals surface area contributed by atoms with Crippen molar-refractivity contribution in [3.05, 3.63) is 35.9 Å². The van der Waals surface area contributed by atoms with Gasteiger partial charge in [-0.05, 0) is 12.5 Å². The van der Waals surface area contributed by atoms with Gasteiger partial charge in [0.1, 0.15) is 0 Å². The van der Waals surface area contributed by atoms with Crippen LogP contribution in [0.25, 0.3) is 0 Å². The third-order valence-electron chi connectivity index (χ3n) is 2.61. The molecule has 1 rings (SSSR count). The van der Waals surface area contributed by atoms with E-state index in [0.717, 1.165) is 5.56 Å². The van der Waals surface area contributed by atoms with Gasteiger partial charge in [-0.3, -0.25) is 0 Å². The molecular weight excluding hydrogens is 288 g/mol. The number of halogens is 1. The van der Waals surface area contributed by atoms with Gasteiger partial charge in [0.2, 0.25) is 10.0 Å². The van der Waals surface area contributed by atoms with Gasteiger partial charge in [-0.1, -0.05) is 30.3 Å². The van der Waals surface area contributed by atoms with Crippen LogP contribution in [-0.4, -0.2) is 33.9 Å². The molecule has 3 N–H and O–H groups in total. The Labute approximate surface area is 121 Å². The highest BCUT2D eigenvalue weighted by Gasteiger charge is 2.16. The van der Waals surface area contributed by atoms with Crippen molar-refractivity contribution in [3.8, 4) is 0 Å². The van der Waals surface area contributed by atoms with Crippen LogP contribution in [0.5, 0.6) is 0 Å². The van der Waals surface area contributed by atoms with E-state index >= 15 is 0 Å². The highest BCUT2D eigenvalue weighted by Crippen LogP contribution is 2.08. The van der Waals surface area contributed by atoms with Crippen molar-refractivity contribution < 1.29 is 13.2 Å². The lowest BCUT2D eigenvalue weighted by molar-refractivity contribution is 0.136. The van der Waals surface area contributed by atoms with E-state index in [4.69, 9.17) is 10.5 Å². The minimum absolute atomic E-state index is 0. The molecule has 1 aromatic carbocycles. The predicted octanol–water partition coefficient (Wildman–Crippen LogP) is 1.06. The molecule has 0 saturated heterocycles. The molecule has 0 spiro atoms. The number of methoxy groups -OCH3 is 1. The quantitative estimate of drug-likeness (QED) is 0.789. The van der Waals surface area contributed by atoms with E-state index in [1.807, 2.05) is 30.3 Å². The second-order valence-corrected chi connectivity index (χ2v) is 6.04. The summed E-state index contributed by atoms with van der Waals surface area (Å²) in [4.78, 5) is 0. The molecule has 0 radical (unpaired) electrons. The predicted molar refractivity (Wildman–Crippen MR) is 78.9 cm³/mol. The van der Waals surface area contributed by atoms with Crippen LogP contribution in [-0.2, 0) is 14.8 Å². The fourth-order valence-electron chi connectivity index (χ4n) is 1.47. The molecule has 0 aliphatic carbocycles. The molecule has 2 unspecified atom stereocenters. The van der Waals surface area contributed by atoms with Crippen LogP contribution in [0.1, 0.15) is 18.5 Å². The van der Waals surface area contributed by atoms with Crippen molar-refractivity contribution in [2.75, 3.05) is 19.4 Å². The molecule has 0 aliphatic rings. The zero-order valence-electron chi connectivity index (χ0n) is 11.1. The molecule has 0 bridgehead atoms. The Morgan fingerprint density at radius 3 is 2.42 bits per heavy atom. The SMILES string of the molecule is COC(C)CS(=O)(=O)NCC(N)c1ccccc1.Cl. The first-order chi connectivity index (χ1) is 8.44. The van der Waals surface area contributed by atoms with Crippen LogP contribution in [0.2, 0.25) is 0 Å². The highest BCUT2D eigenvalue weighted by molar-refractivity contribution is 7.89. The molecule has 0 aromatic heterocycles. The summed E-state index contributed by atoms with van der Waals surface area (Å²) in [6, 6.07) is 9.03. The second-order valence-electron chi connectivity index (χ2n) is 4.19. The number of nitrogens with one attached hydrogen (secondary N) is 1. The Hall–Kier alpha value is -0.660. The number of rotatable bonds is 7. The van der Waals surface area contributed by atoms with Gasteiger partial charge >= 0.3 is 0 Å². The summed E-state index contributed by atoms with van der Waals surface area (Å²) in [5.74, 6) is -0.0645. The van der Waals surface area contributed by atoms with Gasteiger partial charge in [-0.2, -0.15) is 0 Å². The first-order valence-corrected chi connectivity index (χ1v) is 7.40. The number of sulfonamides is 1. The summed E-state index contributed by atoms with van der Waals surface area (Å²) in [6.07, 6.45) is -0.338. The summed E-state index contributed by atoms with van der Waals surface area (Å²) in [7, 11) is -1.87. The number of nitrogens with two attached hydrogens (primary N) is 1. The lowest BCUT2D eigenvalue weighted by Crippen LogP contribution is -2.36. The maximum atomic E-state index is 11.7. The molecule has 5 nitrogen and oxygen atoms in total. The van der Waals surface area contributed by atoms with E-state index in [1.54, 1.807) is 6.92 Å². The molecule has 0 heterocycles. The number of hydrogen-bond donors (Lipinski definition) is 2. The molecule has 7 heteroatoms. The number of ether oxygens (including phenoxy) is 1. The van der Waals surface area contributed by atoms with Gasteiger partial charge in [-0.25, -0.2) is 13.1 Å². The Kier molecular flexibility index (Phi) is 8.20. The van der Waals surface area contributed by atoms with Crippen molar-refractivity contribution >= 4 is 22.4 Å². The van der Waals surface area contributed by atoms with Gasteiger partial charge < -0.3 is 10.5 Å². The van der Waals surface area contributed by atoms with E-state index in [-0.39, 0.29) is 36.9 Å². The molecule has 0 aliphatic heterocycles. The maximum Gasteiger partial charge on any atom is 0.214 e. The van der Waals surface area contributed by atoms with E-state index in [0.29, 0.717) is 0 Å². The molecule has 0 saturated carbocycles. The topological polar surface area (TPSA) is 81.4 Å². The van der Waals surface area contributed by atoms with Crippen LogP contribution in [0.4, 0.5) is 0 Å². The third kappa shape index (κ3) is 6.89. The molecule has 110 valence electrons. The Morgan fingerprint density at radius 2 is 1.89 bits per heavy atom.